The van der Waals surface area contributed by atoms with Crippen LogP contribution < -0.4 is 16.0 Å². The van der Waals surface area contributed by atoms with Gasteiger partial charge in [-0.05, 0) is 100.0 Å². The van der Waals surface area contributed by atoms with Crippen LogP contribution in [0.25, 0.3) is 0 Å². The summed E-state index contributed by atoms with van der Waals surface area (Å²) in [5, 5.41) is 8.56. The zero-order valence-corrected chi connectivity index (χ0v) is 34.2. The summed E-state index contributed by atoms with van der Waals surface area (Å²) in [6.45, 7) is 23.3. The summed E-state index contributed by atoms with van der Waals surface area (Å²) >= 11 is 0. The van der Waals surface area contributed by atoms with E-state index in [1.807, 2.05) is 59.1 Å². The van der Waals surface area contributed by atoms with Crippen LogP contribution in [0.1, 0.15) is 140 Å². The molecule has 1 saturated carbocycles. The molecule has 8 heteroatoms. The van der Waals surface area contributed by atoms with Gasteiger partial charge in [-0.3, -0.25) is 14.4 Å². The number of ether oxygens (including phenoxy) is 2. The Morgan fingerprint density at radius 2 is 1.45 bits per heavy atom. The first-order chi connectivity index (χ1) is 24.0. The van der Waals surface area contributed by atoms with Crippen molar-refractivity contribution in [2.75, 3.05) is 20.8 Å². The topological polar surface area (TPSA) is 106 Å². The Hall–Kier alpha value is -3.23. The van der Waals surface area contributed by atoms with Crippen molar-refractivity contribution in [2.45, 2.75) is 145 Å². The molecule has 3 amide bonds. The second-order valence-electron chi connectivity index (χ2n) is 15.4. The van der Waals surface area contributed by atoms with Gasteiger partial charge in [0, 0.05) is 37.9 Å². The standard InChI is InChI=1S/C28H39N3O3.C13H26O2.C2H6/c1-6-7-8-22-11-15-24(16-12-22)27(33)31-25(28(34)30-21(5)17-19(2)3)18-29-26(32)23-13-9-20(4)10-14-23;1-12(2,3)10-8-7-9-11(14-5)13(10,4)15-6;1-2/h9-16,19,21,25H,6-8,17-18H2,1-5H3,(H,29,32)(H,30,34)(H,31,33);10-11H,7-9H2,1-6H3;1-2H3/t21?,25-;10?,11?,13-;/m00./s1. The fourth-order valence-corrected chi connectivity index (χ4v) is 6.99. The predicted molar refractivity (Wildman–Crippen MR) is 211 cm³/mol. The molecule has 1 aliphatic rings. The van der Waals surface area contributed by atoms with E-state index in [2.05, 4.69) is 64.4 Å². The molecule has 2 aromatic carbocycles. The lowest BCUT2D eigenvalue weighted by atomic mass is 9.63. The third-order valence-electron chi connectivity index (χ3n) is 9.71. The molecular weight excluding hydrogens is 638 g/mol. The number of benzene rings is 2. The van der Waals surface area contributed by atoms with Crippen LogP contribution >= 0.6 is 0 Å². The van der Waals surface area contributed by atoms with E-state index in [-0.39, 0.29) is 47.4 Å². The van der Waals surface area contributed by atoms with Gasteiger partial charge in [0.1, 0.15) is 6.04 Å². The van der Waals surface area contributed by atoms with Gasteiger partial charge in [0.25, 0.3) is 11.8 Å². The van der Waals surface area contributed by atoms with Crippen molar-refractivity contribution < 1.29 is 23.9 Å². The van der Waals surface area contributed by atoms with Crippen molar-refractivity contribution in [3.05, 3.63) is 70.8 Å². The van der Waals surface area contributed by atoms with E-state index in [1.54, 1.807) is 31.4 Å². The Labute approximate surface area is 310 Å². The first-order valence-electron chi connectivity index (χ1n) is 19.2. The van der Waals surface area contributed by atoms with Crippen LogP contribution in [0.2, 0.25) is 0 Å². The van der Waals surface area contributed by atoms with E-state index < -0.39 is 6.04 Å². The molecule has 5 atom stereocenters. The van der Waals surface area contributed by atoms with Gasteiger partial charge in [-0.15, -0.1) is 0 Å². The highest BCUT2D eigenvalue weighted by Crippen LogP contribution is 2.46. The minimum absolute atomic E-state index is 0.00668. The summed E-state index contributed by atoms with van der Waals surface area (Å²) in [7, 11) is 3.61. The van der Waals surface area contributed by atoms with E-state index in [1.165, 1.54) is 18.4 Å². The van der Waals surface area contributed by atoms with Gasteiger partial charge < -0.3 is 25.4 Å². The van der Waals surface area contributed by atoms with Crippen LogP contribution in [0.4, 0.5) is 0 Å². The molecule has 288 valence electrons. The SMILES string of the molecule is CC.CCCCc1ccc(C(=O)N[C@@H](CNC(=O)c2ccc(C)cc2)C(=O)NC(C)CC(C)C)cc1.COC1CCCC(C(C)(C)C)[C@]1(C)OC. The second kappa shape index (κ2) is 22.7. The number of carbonyl (C=O) groups excluding carboxylic acids is 3. The molecule has 0 aromatic heterocycles. The highest BCUT2D eigenvalue weighted by molar-refractivity contribution is 5.98. The Bertz CT molecular complexity index is 1300. The number of methoxy groups -OCH3 is 2. The number of rotatable bonds is 14. The van der Waals surface area contributed by atoms with Crippen LogP contribution in [-0.2, 0) is 20.7 Å². The molecule has 1 aliphatic carbocycles. The van der Waals surface area contributed by atoms with Crippen LogP contribution in [0, 0.1) is 24.2 Å². The van der Waals surface area contributed by atoms with Crippen molar-refractivity contribution in [2.24, 2.45) is 17.3 Å². The normalized spacial score (nSPS) is 19.7. The van der Waals surface area contributed by atoms with Crippen LogP contribution in [0.3, 0.4) is 0 Å². The van der Waals surface area contributed by atoms with Crippen molar-refractivity contribution in [3.63, 3.8) is 0 Å². The van der Waals surface area contributed by atoms with Crippen molar-refractivity contribution in [1.29, 1.82) is 0 Å². The molecule has 0 heterocycles. The third-order valence-corrected chi connectivity index (χ3v) is 9.71. The number of aryl methyl sites for hydroxylation is 2. The molecule has 0 aliphatic heterocycles. The zero-order chi connectivity index (χ0) is 38.8. The van der Waals surface area contributed by atoms with Gasteiger partial charge >= 0.3 is 0 Å². The van der Waals surface area contributed by atoms with Crippen molar-refractivity contribution in [1.82, 2.24) is 16.0 Å². The zero-order valence-electron chi connectivity index (χ0n) is 34.2. The van der Waals surface area contributed by atoms with E-state index in [0.29, 0.717) is 23.0 Å². The van der Waals surface area contributed by atoms with Crippen molar-refractivity contribution >= 4 is 17.7 Å². The first-order valence-corrected chi connectivity index (χ1v) is 19.2. The van der Waals surface area contributed by atoms with E-state index in [4.69, 9.17) is 9.47 Å². The Morgan fingerprint density at radius 1 is 0.882 bits per heavy atom. The Balaban J connectivity index is 0.000000636. The van der Waals surface area contributed by atoms with E-state index >= 15 is 0 Å². The predicted octanol–water partition coefficient (Wildman–Crippen LogP) is 8.70. The van der Waals surface area contributed by atoms with Gasteiger partial charge in [-0.25, -0.2) is 0 Å². The van der Waals surface area contributed by atoms with E-state index in [9.17, 15) is 14.4 Å². The number of hydrogen-bond acceptors (Lipinski definition) is 5. The average molecular weight is 710 g/mol. The maximum absolute atomic E-state index is 13.0. The maximum atomic E-state index is 13.0. The summed E-state index contributed by atoms with van der Waals surface area (Å²) in [6.07, 6.45) is 7.86. The Kier molecular flexibility index (Phi) is 20.3. The largest absolute Gasteiger partial charge is 0.378 e. The smallest absolute Gasteiger partial charge is 0.251 e. The third kappa shape index (κ3) is 15.1. The molecule has 3 unspecified atom stereocenters. The molecule has 3 N–H and O–H groups in total. The average Bonchev–Trinajstić information content (AvgIpc) is 3.09. The van der Waals surface area contributed by atoms with Crippen LogP contribution in [0.15, 0.2) is 48.5 Å². The van der Waals surface area contributed by atoms with Gasteiger partial charge in [-0.2, -0.15) is 0 Å². The second-order valence-corrected chi connectivity index (χ2v) is 15.4. The first kappa shape index (κ1) is 45.8. The summed E-state index contributed by atoms with van der Waals surface area (Å²) in [6, 6.07) is 13.7. The summed E-state index contributed by atoms with van der Waals surface area (Å²) in [4.78, 5) is 38.5. The fourth-order valence-electron chi connectivity index (χ4n) is 6.99. The molecular formula is C43H71N3O5. The Morgan fingerprint density at radius 3 is 1.96 bits per heavy atom. The molecule has 51 heavy (non-hydrogen) atoms. The molecule has 3 rings (SSSR count). The number of carbonyl (C=O) groups is 3. The minimum atomic E-state index is -0.892. The number of unbranched alkanes of at least 4 members (excludes halogenated alkanes) is 1. The lowest BCUT2D eigenvalue weighted by molar-refractivity contribution is -0.180. The van der Waals surface area contributed by atoms with Crippen molar-refractivity contribution in [3.8, 4) is 0 Å². The highest BCUT2D eigenvalue weighted by Gasteiger charge is 2.49. The maximum Gasteiger partial charge on any atom is 0.251 e. The molecule has 2 aromatic rings. The van der Waals surface area contributed by atoms with Gasteiger partial charge in [0.05, 0.1) is 11.7 Å². The highest BCUT2D eigenvalue weighted by atomic mass is 16.5. The molecule has 8 nitrogen and oxygen atoms in total. The summed E-state index contributed by atoms with van der Waals surface area (Å²) in [5.41, 5.74) is 3.37. The number of amides is 3. The lowest BCUT2D eigenvalue weighted by Crippen LogP contribution is -2.55. The quantitative estimate of drug-likeness (QED) is 0.182. The lowest BCUT2D eigenvalue weighted by Gasteiger charge is -2.50. The number of nitrogens with one attached hydrogen (secondary N) is 3. The number of hydrogen-bond donors (Lipinski definition) is 3. The molecule has 0 spiro atoms. The van der Waals surface area contributed by atoms with Crippen LogP contribution in [0.5, 0.6) is 0 Å². The molecule has 0 saturated heterocycles. The van der Waals surface area contributed by atoms with Gasteiger partial charge in [-0.1, -0.05) is 98.1 Å². The molecule has 1 fully saturated rings. The van der Waals surface area contributed by atoms with Gasteiger partial charge in [0.15, 0.2) is 0 Å². The monoisotopic (exact) mass is 710 g/mol. The summed E-state index contributed by atoms with van der Waals surface area (Å²) < 4.78 is 11.4. The van der Waals surface area contributed by atoms with E-state index in [0.717, 1.165) is 37.7 Å². The van der Waals surface area contributed by atoms with Gasteiger partial charge in [0.2, 0.25) is 5.91 Å². The molecule has 0 bridgehead atoms. The van der Waals surface area contributed by atoms with Crippen LogP contribution in [-0.4, -0.2) is 62.3 Å². The fraction of sp³-hybridized carbons (Fsp3) is 0.651. The molecule has 0 radical (unpaired) electrons. The minimum Gasteiger partial charge on any atom is -0.378 e. The summed E-state index contributed by atoms with van der Waals surface area (Å²) in [5.74, 6) is 0.0422.